The summed E-state index contributed by atoms with van der Waals surface area (Å²) in [5.74, 6) is 8.23. The molecule has 2 heteroatoms. The van der Waals surface area contributed by atoms with E-state index in [1.807, 2.05) is 0 Å². The lowest BCUT2D eigenvalue weighted by molar-refractivity contribution is 0.219. The highest BCUT2D eigenvalue weighted by Crippen LogP contribution is 2.37. The fraction of sp³-hybridized carbons (Fsp3) is 0.684. The smallest absolute Gasteiger partial charge is 0.0488 e. The van der Waals surface area contributed by atoms with Crippen molar-refractivity contribution in [1.29, 1.82) is 0 Å². The number of hydrazine groups is 1. The molecule has 1 aliphatic rings. The van der Waals surface area contributed by atoms with Crippen LogP contribution >= 0.6 is 0 Å². The molecule has 1 aromatic carbocycles. The molecule has 1 unspecified atom stereocenters. The molecule has 0 aliphatic heterocycles. The van der Waals surface area contributed by atoms with Gasteiger partial charge in [0.05, 0.1) is 0 Å². The minimum absolute atomic E-state index is 0.315. The Labute approximate surface area is 130 Å². The number of nitrogens with one attached hydrogen (secondary N) is 1. The molecular formula is C19H32N2. The average molecular weight is 288 g/mol. The van der Waals surface area contributed by atoms with Gasteiger partial charge >= 0.3 is 0 Å². The Morgan fingerprint density at radius 2 is 1.90 bits per heavy atom. The van der Waals surface area contributed by atoms with Crippen molar-refractivity contribution in [3.05, 3.63) is 35.4 Å². The van der Waals surface area contributed by atoms with Gasteiger partial charge in [0.25, 0.3) is 0 Å². The van der Waals surface area contributed by atoms with Gasteiger partial charge in [-0.05, 0) is 48.1 Å². The molecule has 0 amide bonds. The van der Waals surface area contributed by atoms with Crippen molar-refractivity contribution in [2.75, 3.05) is 0 Å². The maximum Gasteiger partial charge on any atom is 0.0488 e. The van der Waals surface area contributed by atoms with E-state index in [1.54, 1.807) is 0 Å². The van der Waals surface area contributed by atoms with E-state index in [1.165, 1.54) is 43.2 Å². The quantitative estimate of drug-likeness (QED) is 0.593. The van der Waals surface area contributed by atoms with Crippen LogP contribution < -0.4 is 11.3 Å². The molecule has 3 N–H and O–H groups in total. The second-order valence-corrected chi connectivity index (χ2v) is 7.18. The van der Waals surface area contributed by atoms with Crippen molar-refractivity contribution in [1.82, 2.24) is 5.43 Å². The maximum absolute atomic E-state index is 5.90. The molecule has 0 heterocycles. The van der Waals surface area contributed by atoms with Gasteiger partial charge in [-0.25, -0.2) is 0 Å². The Kier molecular flexibility index (Phi) is 6.25. The topological polar surface area (TPSA) is 38.0 Å². The minimum Gasteiger partial charge on any atom is -0.271 e. The van der Waals surface area contributed by atoms with Crippen LogP contribution in [0.5, 0.6) is 0 Å². The molecule has 1 atom stereocenters. The van der Waals surface area contributed by atoms with Crippen LogP contribution in [0.3, 0.4) is 0 Å². The van der Waals surface area contributed by atoms with Gasteiger partial charge in [0.1, 0.15) is 0 Å². The molecular weight excluding hydrogens is 256 g/mol. The van der Waals surface area contributed by atoms with Gasteiger partial charge < -0.3 is 0 Å². The van der Waals surface area contributed by atoms with E-state index in [-0.39, 0.29) is 0 Å². The van der Waals surface area contributed by atoms with Gasteiger partial charge in [-0.1, -0.05) is 64.3 Å². The normalized spacial score (nSPS) is 24.2. The van der Waals surface area contributed by atoms with Crippen molar-refractivity contribution in [2.45, 2.75) is 65.3 Å². The number of rotatable bonds is 6. The lowest BCUT2D eigenvalue weighted by Gasteiger charge is -2.33. The van der Waals surface area contributed by atoms with Crippen LogP contribution in [0.15, 0.2) is 24.3 Å². The van der Waals surface area contributed by atoms with Crippen LogP contribution in [0.25, 0.3) is 0 Å². The first kappa shape index (κ1) is 16.5. The van der Waals surface area contributed by atoms with Crippen molar-refractivity contribution in [3.8, 4) is 0 Å². The van der Waals surface area contributed by atoms with E-state index in [4.69, 9.17) is 5.84 Å². The van der Waals surface area contributed by atoms with Gasteiger partial charge in [-0.15, -0.1) is 0 Å². The van der Waals surface area contributed by atoms with E-state index in [2.05, 4.69) is 50.5 Å². The Balaban J connectivity index is 2.07. The number of nitrogens with two attached hydrogens (primary N) is 1. The molecule has 0 saturated heterocycles. The van der Waals surface area contributed by atoms with E-state index < -0.39 is 0 Å². The molecule has 2 rings (SSSR count). The minimum atomic E-state index is 0.315. The molecule has 1 aliphatic carbocycles. The highest BCUT2D eigenvalue weighted by Gasteiger charge is 2.27. The Morgan fingerprint density at radius 1 is 1.19 bits per heavy atom. The first-order valence-corrected chi connectivity index (χ1v) is 8.69. The lowest BCUT2D eigenvalue weighted by atomic mass is 9.76. The van der Waals surface area contributed by atoms with Crippen molar-refractivity contribution < 1.29 is 0 Å². The summed E-state index contributed by atoms with van der Waals surface area (Å²) >= 11 is 0. The molecule has 0 radical (unpaired) electrons. The molecule has 0 bridgehead atoms. The average Bonchev–Trinajstić information content (AvgIpc) is 2.48. The lowest BCUT2D eigenvalue weighted by Crippen LogP contribution is -2.35. The largest absolute Gasteiger partial charge is 0.271 e. The molecule has 0 spiro atoms. The predicted molar refractivity (Wildman–Crippen MR) is 90.8 cm³/mol. The Morgan fingerprint density at radius 3 is 2.48 bits per heavy atom. The highest BCUT2D eigenvalue weighted by molar-refractivity contribution is 5.27. The van der Waals surface area contributed by atoms with Crippen molar-refractivity contribution >= 4 is 0 Å². The third-order valence-electron chi connectivity index (χ3n) is 5.07. The number of hydrogen-bond donors (Lipinski definition) is 2. The zero-order valence-corrected chi connectivity index (χ0v) is 13.9. The Bertz CT molecular complexity index is 419. The van der Waals surface area contributed by atoms with Gasteiger partial charge in [-0.3, -0.25) is 11.3 Å². The zero-order chi connectivity index (χ0) is 15.2. The van der Waals surface area contributed by atoms with Crippen LogP contribution in [0, 0.1) is 17.8 Å². The monoisotopic (exact) mass is 288 g/mol. The fourth-order valence-electron chi connectivity index (χ4n) is 3.82. The molecule has 1 fully saturated rings. The second-order valence-electron chi connectivity index (χ2n) is 7.18. The number of hydrogen-bond acceptors (Lipinski definition) is 2. The first-order chi connectivity index (χ1) is 10.1. The fourth-order valence-corrected chi connectivity index (χ4v) is 3.82. The molecule has 21 heavy (non-hydrogen) atoms. The van der Waals surface area contributed by atoms with Crippen LogP contribution in [-0.2, 0) is 6.42 Å². The van der Waals surface area contributed by atoms with Gasteiger partial charge in [0.2, 0.25) is 0 Å². The second kappa shape index (κ2) is 7.95. The third-order valence-corrected chi connectivity index (χ3v) is 5.07. The summed E-state index contributed by atoms with van der Waals surface area (Å²) in [6, 6.07) is 9.34. The number of benzene rings is 1. The van der Waals surface area contributed by atoms with Gasteiger partial charge in [0, 0.05) is 6.04 Å². The molecule has 118 valence electrons. The summed E-state index contributed by atoms with van der Waals surface area (Å²) in [4.78, 5) is 0. The van der Waals surface area contributed by atoms with E-state index in [9.17, 15) is 0 Å². The molecule has 1 aromatic rings. The highest BCUT2D eigenvalue weighted by atomic mass is 15.2. The van der Waals surface area contributed by atoms with E-state index in [0.29, 0.717) is 17.9 Å². The van der Waals surface area contributed by atoms with Crippen LogP contribution in [-0.4, -0.2) is 0 Å². The summed E-state index contributed by atoms with van der Waals surface area (Å²) in [5, 5.41) is 0. The van der Waals surface area contributed by atoms with Crippen molar-refractivity contribution in [3.63, 3.8) is 0 Å². The summed E-state index contributed by atoms with van der Waals surface area (Å²) < 4.78 is 0. The van der Waals surface area contributed by atoms with E-state index in [0.717, 1.165) is 12.3 Å². The molecule has 2 nitrogen and oxygen atoms in total. The summed E-state index contributed by atoms with van der Waals surface area (Å²) in [5.41, 5.74) is 5.91. The molecule has 0 aromatic heterocycles. The summed E-state index contributed by atoms with van der Waals surface area (Å²) in [6.45, 7) is 6.87. The van der Waals surface area contributed by atoms with Crippen LogP contribution in [0.2, 0.25) is 0 Å². The zero-order valence-electron chi connectivity index (χ0n) is 13.9. The Hall–Kier alpha value is -0.860. The van der Waals surface area contributed by atoms with Crippen LogP contribution in [0.4, 0.5) is 0 Å². The maximum atomic E-state index is 5.90. The van der Waals surface area contributed by atoms with E-state index >= 15 is 0 Å². The summed E-state index contributed by atoms with van der Waals surface area (Å²) in [7, 11) is 0. The van der Waals surface area contributed by atoms with Gasteiger partial charge in [0.15, 0.2) is 0 Å². The predicted octanol–water partition coefficient (Wildman–Crippen LogP) is 4.61. The third kappa shape index (κ3) is 4.55. The first-order valence-electron chi connectivity index (χ1n) is 8.69. The van der Waals surface area contributed by atoms with Crippen molar-refractivity contribution in [2.24, 2.45) is 23.6 Å². The van der Waals surface area contributed by atoms with Crippen LogP contribution in [0.1, 0.15) is 70.0 Å². The van der Waals surface area contributed by atoms with Gasteiger partial charge in [-0.2, -0.15) is 0 Å². The summed E-state index contributed by atoms with van der Waals surface area (Å²) in [6.07, 6.45) is 7.82. The SMILES string of the molecule is CCC1CCC(C(NN)c2cccc(CC(C)C)c2)CC1. The molecule has 1 saturated carbocycles. The standard InChI is InChI=1S/C19H32N2/c1-4-15-8-10-17(11-9-15)19(21-20)18-7-5-6-16(13-18)12-14(2)3/h5-7,13-15,17,19,21H,4,8-12,20H2,1-3H3.